The average Bonchev–Trinajstić information content (AvgIpc) is 2.54. The quantitative estimate of drug-likeness (QED) is 0.299. The van der Waals surface area contributed by atoms with Gasteiger partial charge >= 0.3 is 18.1 Å². The molecule has 0 atom stereocenters. The smallest absolute Gasteiger partial charge is 0.453 e. The van der Waals surface area contributed by atoms with Crippen LogP contribution in [0.4, 0.5) is 27.6 Å². The van der Waals surface area contributed by atoms with Crippen LogP contribution in [0.2, 0.25) is 0 Å². The molecule has 1 aromatic rings. The van der Waals surface area contributed by atoms with Gasteiger partial charge in [-0.25, -0.2) is 9.79 Å². The van der Waals surface area contributed by atoms with Crippen molar-refractivity contribution < 1.29 is 31.5 Å². The Morgan fingerprint density at radius 1 is 1.19 bits per heavy atom. The fourth-order valence-electron chi connectivity index (χ4n) is 1.90. The highest BCUT2D eigenvalue weighted by Crippen LogP contribution is 2.38. The molecule has 0 aromatic heterocycles. The van der Waals surface area contributed by atoms with Crippen molar-refractivity contribution in [3.8, 4) is 0 Å². The van der Waals surface area contributed by atoms with E-state index >= 15 is 0 Å². The van der Waals surface area contributed by atoms with Crippen LogP contribution in [0.25, 0.3) is 0 Å². The molecule has 1 rings (SSSR count). The number of nitrogens with zero attached hydrogens (tertiary/aromatic N) is 2. The molecule has 0 spiro atoms. The van der Waals surface area contributed by atoms with E-state index in [1.807, 2.05) is 18.9 Å². The summed E-state index contributed by atoms with van der Waals surface area (Å²) in [6, 6.07) is 2.97. The number of aliphatic imine (C=N–C) groups is 1. The van der Waals surface area contributed by atoms with Gasteiger partial charge < -0.3 is 9.64 Å². The van der Waals surface area contributed by atoms with Gasteiger partial charge in [0.05, 0.1) is 30.6 Å². The fourth-order valence-corrected chi connectivity index (χ4v) is 1.90. The van der Waals surface area contributed by atoms with E-state index in [2.05, 4.69) is 9.73 Å². The first-order valence-electron chi connectivity index (χ1n) is 7.87. The number of carbonyl (C=O) groups is 1. The zero-order chi connectivity index (χ0) is 20.1. The van der Waals surface area contributed by atoms with Crippen molar-refractivity contribution in [2.45, 2.75) is 39.3 Å². The second-order valence-corrected chi connectivity index (χ2v) is 5.79. The van der Waals surface area contributed by atoms with Gasteiger partial charge in [0.25, 0.3) is 0 Å². The minimum atomic E-state index is -5.67. The predicted molar refractivity (Wildman–Crippen MR) is 88.3 cm³/mol. The number of hydrogen-bond donors (Lipinski definition) is 0. The van der Waals surface area contributed by atoms with Crippen molar-refractivity contribution in [1.82, 2.24) is 4.90 Å². The molecule has 0 saturated heterocycles. The van der Waals surface area contributed by atoms with Gasteiger partial charge in [-0.05, 0) is 44.0 Å². The van der Waals surface area contributed by atoms with Crippen molar-refractivity contribution in [1.29, 1.82) is 0 Å². The summed E-state index contributed by atoms with van der Waals surface area (Å²) in [6.45, 7) is 5.02. The molecule has 0 bridgehead atoms. The lowest BCUT2D eigenvalue weighted by atomic mass is 10.0. The lowest BCUT2D eigenvalue weighted by Gasteiger charge is -2.19. The number of benzene rings is 1. The van der Waals surface area contributed by atoms with Crippen LogP contribution in [0, 0.1) is 13.8 Å². The number of rotatable bonds is 7. The molecule has 0 radical (unpaired) electrons. The third-order valence-corrected chi connectivity index (χ3v) is 3.94. The molecule has 0 aliphatic rings. The van der Waals surface area contributed by atoms with Gasteiger partial charge in [0.2, 0.25) is 0 Å². The van der Waals surface area contributed by atoms with E-state index in [0.29, 0.717) is 16.8 Å². The summed E-state index contributed by atoms with van der Waals surface area (Å²) in [5, 5.41) is 0. The number of hydrogen-bond acceptors (Lipinski definition) is 3. The second-order valence-electron chi connectivity index (χ2n) is 5.79. The standard InChI is InChI=1S/C17H21F5N2O2/c1-5-24(4)10-23-14-7-6-13(11(2)12(14)3)15(25)26-9-8-16(18,19)17(20,21)22/h6-7,10H,5,8-9H2,1-4H3. The molecule has 9 heteroatoms. The number of carbonyl (C=O) groups excluding carboxylic acids is 1. The Balaban J connectivity index is 2.82. The van der Waals surface area contributed by atoms with E-state index < -0.39 is 31.1 Å². The summed E-state index contributed by atoms with van der Waals surface area (Å²) in [5.41, 5.74) is 1.91. The summed E-state index contributed by atoms with van der Waals surface area (Å²) >= 11 is 0. The third kappa shape index (κ3) is 5.40. The number of esters is 1. The molecule has 4 nitrogen and oxygen atoms in total. The topological polar surface area (TPSA) is 41.9 Å². The lowest BCUT2D eigenvalue weighted by molar-refractivity contribution is -0.286. The maximum absolute atomic E-state index is 12.8. The first-order chi connectivity index (χ1) is 11.9. The Hall–Kier alpha value is -2.19. The molecule has 0 saturated carbocycles. The predicted octanol–water partition coefficient (Wildman–Crippen LogP) is 4.66. The van der Waals surface area contributed by atoms with E-state index in [1.165, 1.54) is 6.07 Å². The normalized spacial score (nSPS) is 12.5. The Morgan fingerprint density at radius 2 is 1.81 bits per heavy atom. The van der Waals surface area contributed by atoms with Gasteiger partial charge in [0.1, 0.15) is 0 Å². The minimum Gasteiger partial charge on any atom is -0.462 e. The van der Waals surface area contributed by atoms with E-state index in [-0.39, 0.29) is 5.56 Å². The molecule has 146 valence electrons. The van der Waals surface area contributed by atoms with Crippen molar-refractivity contribution >= 4 is 18.0 Å². The summed E-state index contributed by atoms with van der Waals surface area (Å²) in [4.78, 5) is 18.1. The van der Waals surface area contributed by atoms with E-state index in [4.69, 9.17) is 0 Å². The van der Waals surface area contributed by atoms with Gasteiger partial charge in [-0.2, -0.15) is 22.0 Å². The van der Waals surface area contributed by atoms with Gasteiger partial charge in [0.15, 0.2) is 0 Å². The van der Waals surface area contributed by atoms with Gasteiger partial charge in [-0.1, -0.05) is 0 Å². The first kappa shape index (κ1) is 21.9. The Labute approximate surface area is 148 Å². The van der Waals surface area contributed by atoms with Crippen molar-refractivity contribution in [2.24, 2.45) is 4.99 Å². The monoisotopic (exact) mass is 380 g/mol. The fraction of sp³-hybridized carbons (Fsp3) is 0.529. The Bertz CT molecular complexity index is 672. The molecule has 0 aliphatic heterocycles. The summed E-state index contributed by atoms with van der Waals surface area (Å²) in [7, 11) is 1.84. The molecular weight excluding hydrogens is 359 g/mol. The second kappa shape index (κ2) is 8.46. The van der Waals surface area contributed by atoms with Crippen LogP contribution in [-0.4, -0.2) is 49.5 Å². The van der Waals surface area contributed by atoms with Crippen molar-refractivity contribution in [2.75, 3.05) is 20.2 Å². The zero-order valence-corrected chi connectivity index (χ0v) is 15.0. The molecule has 0 unspecified atom stereocenters. The van der Waals surface area contributed by atoms with E-state index in [0.717, 1.165) is 6.54 Å². The van der Waals surface area contributed by atoms with Crippen LogP contribution in [-0.2, 0) is 4.74 Å². The van der Waals surface area contributed by atoms with Crippen molar-refractivity contribution in [3.63, 3.8) is 0 Å². The number of halogens is 5. The number of ether oxygens (including phenoxy) is 1. The Kier molecular flexibility index (Phi) is 7.11. The van der Waals surface area contributed by atoms with Crippen LogP contribution < -0.4 is 0 Å². The third-order valence-electron chi connectivity index (χ3n) is 3.94. The van der Waals surface area contributed by atoms with Crippen LogP contribution in [0.5, 0.6) is 0 Å². The van der Waals surface area contributed by atoms with E-state index in [9.17, 15) is 26.7 Å². The highest BCUT2D eigenvalue weighted by molar-refractivity contribution is 5.92. The van der Waals surface area contributed by atoms with Gasteiger partial charge in [0, 0.05) is 13.6 Å². The molecular formula is C17H21F5N2O2. The molecule has 0 fully saturated rings. The summed E-state index contributed by atoms with van der Waals surface area (Å²) in [5.74, 6) is -5.85. The zero-order valence-electron chi connectivity index (χ0n) is 15.0. The molecule has 26 heavy (non-hydrogen) atoms. The SMILES string of the molecule is CCN(C)C=Nc1ccc(C(=O)OCCC(F)(F)C(F)(F)F)c(C)c1C. The lowest BCUT2D eigenvalue weighted by Crippen LogP contribution is -2.37. The first-order valence-corrected chi connectivity index (χ1v) is 7.87. The average molecular weight is 380 g/mol. The molecule has 0 heterocycles. The van der Waals surface area contributed by atoms with E-state index in [1.54, 1.807) is 26.3 Å². The highest BCUT2D eigenvalue weighted by Gasteiger charge is 2.56. The summed E-state index contributed by atoms with van der Waals surface area (Å²) < 4.78 is 66.5. The minimum absolute atomic E-state index is 0.0978. The largest absolute Gasteiger partial charge is 0.462 e. The van der Waals surface area contributed by atoms with Crippen LogP contribution in [0.15, 0.2) is 17.1 Å². The molecule has 0 N–H and O–H groups in total. The van der Waals surface area contributed by atoms with Gasteiger partial charge in [-0.3, -0.25) is 0 Å². The molecule has 0 amide bonds. The maximum Gasteiger partial charge on any atom is 0.453 e. The van der Waals surface area contributed by atoms with Crippen molar-refractivity contribution in [3.05, 3.63) is 28.8 Å². The van der Waals surface area contributed by atoms with Crippen LogP contribution in [0.1, 0.15) is 34.8 Å². The molecule has 1 aromatic carbocycles. The maximum atomic E-state index is 12.8. The van der Waals surface area contributed by atoms with Crippen LogP contribution in [0.3, 0.4) is 0 Å². The van der Waals surface area contributed by atoms with Gasteiger partial charge in [-0.15, -0.1) is 0 Å². The van der Waals surface area contributed by atoms with Crippen LogP contribution >= 0.6 is 0 Å². The molecule has 0 aliphatic carbocycles. The Morgan fingerprint density at radius 3 is 2.35 bits per heavy atom. The summed E-state index contributed by atoms with van der Waals surface area (Å²) in [6.07, 6.45) is -5.66. The highest BCUT2D eigenvalue weighted by atomic mass is 19.4. The number of alkyl halides is 5.